The van der Waals surface area contributed by atoms with Crippen LogP contribution in [0.2, 0.25) is 0 Å². The average Bonchev–Trinajstić information content (AvgIpc) is 2.38. The van der Waals surface area contributed by atoms with E-state index in [1.807, 2.05) is 0 Å². The number of hydrogen-bond donors (Lipinski definition) is 14. The highest BCUT2D eigenvalue weighted by Crippen LogP contribution is 2.23. The van der Waals surface area contributed by atoms with E-state index in [2.05, 4.69) is 66.7 Å². The highest BCUT2D eigenvalue weighted by molar-refractivity contribution is 8.75. The lowest BCUT2D eigenvalue weighted by Crippen LogP contribution is -2.59. The van der Waals surface area contributed by atoms with Gasteiger partial charge in [-0.15, -0.1) is 0 Å². The Labute approximate surface area is 507 Å². The molecule has 478 valence electrons. The first kappa shape index (κ1) is 72.6. The molecule has 36 heteroatoms. The number of Topliss-reactive ketones (excluding diaryl/α,β-unsaturated/α-hetero) is 3. The molecular weight excluding hydrogens is 1210 g/mol. The highest BCUT2D eigenvalue weighted by Gasteiger charge is 2.35. The van der Waals surface area contributed by atoms with E-state index in [4.69, 9.17) is 5.73 Å². The molecule has 3 rings (SSSR count). The molecule has 34 nitrogen and oxygen atoms in total. The number of H-pyrrole nitrogens is 1. The maximum absolute atomic E-state index is 14.0. The van der Waals surface area contributed by atoms with Crippen LogP contribution in [-0.2, 0) is 77.9 Å². The van der Waals surface area contributed by atoms with Gasteiger partial charge in [-0.1, -0.05) is 0 Å². The highest BCUT2D eigenvalue weighted by atomic mass is 33.1. The normalized spacial score (nSPS) is 13.2. The predicted molar refractivity (Wildman–Crippen MR) is 309 cm³/mol. The number of nitrogen functional groups attached to an aromatic ring is 1. The summed E-state index contributed by atoms with van der Waals surface area (Å²) in [7, 11) is 0.731. The Morgan fingerprint density at radius 2 is 0.966 bits per heavy atom. The fraction of sp³-hybridized carbons (Fsp3) is 0.481. The zero-order valence-electron chi connectivity index (χ0n) is 47.8. The molecule has 2 aromatic heterocycles. The molecule has 0 spiro atoms. The predicted octanol–water partition coefficient (Wildman–Crippen LogP) is -1.44. The molecule has 0 radical (unpaired) electrons. The van der Waals surface area contributed by atoms with Gasteiger partial charge in [0.2, 0.25) is 41.4 Å². The first-order valence-electron chi connectivity index (χ1n) is 26.7. The summed E-state index contributed by atoms with van der Waals surface area (Å²) in [6.45, 7) is 4.61. The molecule has 0 fully saturated rings. The van der Waals surface area contributed by atoms with Crippen molar-refractivity contribution in [2.75, 3.05) is 16.8 Å². The number of nitrogens with one attached hydrogen (secondary N) is 9. The van der Waals surface area contributed by atoms with Crippen molar-refractivity contribution >= 4 is 133 Å². The number of carboxylic acids is 4. The van der Waals surface area contributed by atoms with Crippen LogP contribution >= 0.6 is 21.9 Å². The molecule has 0 aliphatic rings. The van der Waals surface area contributed by atoms with Gasteiger partial charge in [-0.2, -0.15) is 4.98 Å². The molecule has 15 N–H and O–H groups in total. The largest absolute Gasteiger partial charge is 0.481 e. The quantitative estimate of drug-likeness (QED) is 0.0176. The molecule has 0 saturated carbocycles. The molecule has 0 aliphatic heterocycles. The third-order valence-electron chi connectivity index (χ3n) is 12.3. The van der Waals surface area contributed by atoms with Crippen molar-refractivity contribution < 1.29 is 96.5 Å². The van der Waals surface area contributed by atoms with Gasteiger partial charge in [0.1, 0.15) is 70.7 Å². The fourth-order valence-electron chi connectivity index (χ4n) is 7.66. The van der Waals surface area contributed by atoms with Gasteiger partial charge < -0.3 is 87.3 Å². The van der Waals surface area contributed by atoms with Crippen molar-refractivity contribution in [3.8, 4) is 0 Å². The Morgan fingerprint density at radius 1 is 0.545 bits per heavy atom. The van der Waals surface area contributed by atoms with Crippen LogP contribution in [0, 0.1) is 0 Å². The van der Waals surface area contributed by atoms with Crippen molar-refractivity contribution in [2.45, 2.75) is 154 Å². The van der Waals surface area contributed by atoms with Gasteiger partial charge in [-0.3, -0.25) is 57.7 Å². The fourth-order valence-corrected chi connectivity index (χ4v) is 9.22. The summed E-state index contributed by atoms with van der Waals surface area (Å²) >= 11 is 0.520. The number of aliphatic carboxylic acids is 4. The van der Waals surface area contributed by atoms with Crippen LogP contribution in [0.25, 0.3) is 11.2 Å². The zero-order valence-corrected chi connectivity index (χ0v) is 49.4. The van der Waals surface area contributed by atoms with Crippen molar-refractivity contribution in [3.63, 3.8) is 0 Å². The second-order valence-corrected chi connectivity index (χ2v) is 21.6. The molecule has 2 heterocycles. The van der Waals surface area contributed by atoms with Crippen LogP contribution in [0.5, 0.6) is 0 Å². The third kappa shape index (κ3) is 26.8. The summed E-state index contributed by atoms with van der Waals surface area (Å²) in [5, 5.41) is 57.8. The number of ketones is 3. The van der Waals surface area contributed by atoms with E-state index in [1.54, 1.807) is 0 Å². The minimum atomic E-state index is -1.85. The lowest BCUT2D eigenvalue weighted by molar-refractivity contribution is -0.142. The second kappa shape index (κ2) is 36.4. The molecule has 0 unspecified atom stereocenters. The maximum atomic E-state index is 14.0. The Kier molecular flexibility index (Phi) is 30.0. The average molecular weight is 1270 g/mol. The number of anilines is 2. The van der Waals surface area contributed by atoms with Crippen LogP contribution < -0.4 is 53.8 Å². The summed E-state index contributed by atoms with van der Waals surface area (Å²) in [4.78, 5) is 218. The zero-order chi connectivity index (χ0) is 65.8. The second-order valence-electron chi connectivity index (χ2n) is 19.6. The molecule has 0 saturated heterocycles. The molecule has 88 heavy (non-hydrogen) atoms. The minimum Gasteiger partial charge on any atom is -0.481 e. The van der Waals surface area contributed by atoms with E-state index in [-0.39, 0.29) is 47.8 Å². The SMILES string of the molecule is CC(=O)CC[C@H](NC(=O)CC[C@H](NC(=O)c1ccc(NCc2cnc3nc(N)[nH]c(=O)c3n2)cc1)C(=O)O)C(=O)N[C@@H](CCC(=O)O)C(=O)N[C@@H](CCC(C)=O)C(=O)N[C@@H](CCC(=O)O)C(=O)N[C@@H](CCC(C)=O)C(=O)N[C@@H](CSSOC(C)=O)C(=O)O. The molecular formula is C52H67N13O21S2. The van der Waals surface area contributed by atoms with Crippen LogP contribution in [0.1, 0.15) is 121 Å². The molecule has 7 atom stereocenters. The van der Waals surface area contributed by atoms with Crippen molar-refractivity contribution in [3.05, 3.63) is 52.1 Å². The smallest absolute Gasteiger partial charge is 0.327 e. The molecule has 0 aliphatic carbocycles. The number of carbonyl (C=O) groups excluding carboxylic acids is 11. The van der Waals surface area contributed by atoms with Crippen LogP contribution in [0.4, 0.5) is 11.6 Å². The lowest BCUT2D eigenvalue weighted by Gasteiger charge is -2.27. The van der Waals surface area contributed by atoms with Crippen LogP contribution in [0.15, 0.2) is 35.3 Å². The maximum Gasteiger partial charge on any atom is 0.327 e. The standard InChI is InChI=1S/C52H67N13O21S2/c1-24(66)5-12-31(57-38(70)18-15-36(50(82)83)62-43(75)28-8-10-29(11-9-28)54-21-30-22-55-42-41(56-30)49(81)65-52(53)64-42)44(76)60-34(16-19-39(71)72)46(78)58-32(13-6-25(2)67)45(77)61-35(17-20-40(73)74)47(79)59-33(14-7-26(3)68)48(80)63-37(51(84)85)23-87-88-86-27(4)69/h8-11,22,31-37,54H,5-7,12-21,23H2,1-4H3,(H,57,70)(H,58,78)(H,59,79)(H,60,76)(H,61,77)(H,62,75)(H,63,80)(H,71,72)(H,73,74)(H,82,83)(H,84,85)(H3,53,55,64,65,81)/t31-,32-,33-,34-,35-,36-,37-/m0/s1. The third-order valence-corrected chi connectivity index (χ3v) is 14.0. The number of benzene rings is 1. The van der Waals surface area contributed by atoms with Gasteiger partial charge in [-0.25, -0.2) is 19.6 Å². The van der Waals surface area contributed by atoms with Gasteiger partial charge in [0.15, 0.2) is 11.2 Å². The van der Waals surface area contributed by atoms with E-state index in [9.17, 15) is 97.1 Å². The topological polar surface area (TPSA) is 540 Å². The first-order valence-corrected chi connectivity index (χ1v) is 29.0. The summed E-state index contributed by atoms with van der Waals surface area (Å²) in [5.74, 6) is -16.6. The van der Waals surface area contributed by atoms with Crippen molar-refractivity contribution in [1.29, 1.82) is 0 Å². The number of nitrogens with zero attached hydrogens (tertiary/aromatic N) is 3. The Balaban J connectivity index is 1.78. The van der Waals surface area contributed by atoms with E-state index < -0.39 is 201 Å². The van der Waals surface area contributed by atoms with Crippen LogP contribution in [-0.4, -0.2) is 177 Å². The summed E-state index contributed by atoms with van der Waals surface area (Å²) in [5.41, 5.74) is 5.79. The number of fused-ring (bicyclic) bond motifs is 1. The number of hydrogen-bond acceptors (Lipinski definition) is 24. The number of aromatic nitrogens is 4. The molecule has 7 amide bonds. The molecule has 3 aromatic rings. The van der Waals surface area contributed by atoms with E-state index in [0.29, 0.717) is 22.5 Å². The molecule has 1 aromatic carbocycles. The van der Waals surface area contributed by atoms with E-state index in [0.717, 1.165) is 38.5 Å². The van der Waals surface area contributed by atoms with Gasteiger partial charge in [0.05, 0.1) is 18.4 Å². The molecule has 0 bridgehead atoms. The Morgan fingerprint density at radius 3 is 1.39 bits per heavy atom. The van der Waals surface area contributed by atoms with E-state index >= 15 is 0 Å². The first-order chi connectivity index (χ1) is 41.4. The summed E-state index contributed by atoms with van der Waals surface area (Å²) in [6, 6.07) is -6.44. The number of carbonyl (C=O) groups is 15. The minimum absolute atomic E-state index is 0.00891. The number of rotatable bonds is 40. The lowest BCUT2D eigenvalue weighted by atomic mass is 10.0. The van der Waals surface area contributed by atoms with Crippen LogP contribution in [0.3, 0.4) is 0 Å². The van der Waals surface area contributed by atoms with Crippen molar-refractivity contribution in [1.82, 2.24) is 57.2 Å². The summed E-state index contributed by atoms with van der Waals surface area (Å²) < 4.78 is 4.67. The number of nitrogens with two attached hydrogens (primary N) is 1. The van der Waals surface area contributed by atoms with Crippen molar-refractivity contribution in [2.24, 2.45) is 0 Å². The van der Waals surface area contributed by atoms with Gasteiger partial charge in [-0.05, 0) is 94.4 Å². The van der Waals surface area contributed by atoms with Gasteiger partial charge in [0, 0.05) is 62.5 Å². The monoisotopic (exact) mass is 1270 g/mol. The Hall–Kier alpha value is -9.61. The van der Waals surface area contributed by atoms with E-state index in [1.165, 1.54) is 30.5 Å². The summed E-state index contributed by atoms with van der Waals surface area (Å²) in [6.07, 6.45) is -5.23. The number of carboxylic acid groups (broad SMARTS) is 4. The number of aromatic amines is 1. The van der Waals surface area contributed by atoms with Gasteiger partial charge in [0.25, 0.3) is 11.5 Å². The number of amides is 7. The van der Waals surface area contributed by atoms with Gasteiger partial charge >= 0.3 is 29.8 Å². The Bertz CT molecular complexity index is 3170.